The predicted molar refractivity (Wildman–Crippen MR) is 155 cm³/mol. The van der Waals surface area contributed by atoms with Gasteiger partial charge in [-0.1, -0.05) is 18.2 Å². The first-order chi connectivity index (χ1) is 19.3. The van der Waals surface area contributed by atoms with Crippen molar-refractivity contribution < 1.29 is 22.8 Å². The molecule has 0 unspecified atom stereocenters. The fourth-order valence-corrected chi connectivity index (χ4v) is 9.15. The fourth-order valence-electron chi connectivity index (χ4n) is 6.47. The Hall–Kier alpha value is -2.83. The van der Waals surface area contributed by atoms with Crippen molar-refractivity contribution in [2.45, 2.75) is 56.4 Å². The van der Waals surface area contributed by atoms with Gasteiger partial charge in [0.1, 0.15) is 11.6 Å². The van der Waals surface area contributed by atoms with Crippen LogP contribution in [0.2, 0.25) is 5.02 Å². The number of benzene rings is 1. The summed E-state index contributed by atoms with van der Waals surface area (Å²) in [5.74, 6) is 0.395. The van der Waals surface area contributed by atoms with Gasteiger partial charge in [-0.3, -0.25) is 14.2 Å². The van der Waals surface area contributed by atoms with E-state index in [4.69, 9.17) is 11.6 Å². The molecule has 3 aliphatic rings. The van der Waals surface area contributed by atoms with Gasteiger partial charge in [0.2, 0.25) is 5.91 Å². The summed E-state index contributed by atoms with van der Waals surface area (Å²) in [5, 5.41) is 2.13. The molecule has 41 heavy (non-hydrogen) atoms. The molecule has 1 aliphatic carbocycles. The van der Waals surface area contributed by atoms with Crippen LogP contribution in [0.5, 0.6) is 0 Å². The zero-order valence-corrected chi connectivity index (χ0v) is 24.6. The van der Waals surface area contributed by atoms with Crippen LogP contribution in [-0.2, 0) is 22.3 Å². The summed E-state index contributed by atoms with van der Waals surface area (Å²) in [6.45, 7) is 8.03. The number of piperazine rings is 1. The first-order valence-electron chi connectivity index (χ1n) is 13.1. The molecule has 2 aromatic heterocycles. The number of anilines is 1. The number of aromatic nitrogens is 2. The van der Waals surface area contributed by atoms with Crippen LogP contribution in [0.15, 0.2) is 39.9 Å². The second-order valence-electron chi connectivity index (χ2n) is 11.2. The summed E-state index contributed by atoms with van der Waals surface area (Å²) < 4.78 is 45.9. The van der Waals surface area contributed by atoms with E-state index in [1.807, 2.05) is 13.8 Å². The minimum atomic E-state index is -4.71. The molecule has 13 heteroatoms. The van der Waals surface area contributed by atoms with Gasteiger partial charge in [-0.2, -0.15) is 18.2 Å². The molecule has 0 bridgehead atoms. The van der Waals surface area contributed by atoms with Crippen molar-refractivity contribution in [2.75, 3.05) is 23.7 Å². The highest BCUT2D eigenvalue weighted by molar-refractivity contribution is 7.99. The highest BCUT2D eigenvalue weighted by Crippen LogP contribution is 2.54. The number of thiophene rings is 1. The van der Waals surface area contributed by atoms with E-state index in [1.54, 1.807) is 15.2 Å². The summed E-state index contributed by atoms with van der Waals surface area (Å²) in [4.78, 5) is 46.8. The number of alkyl halides is 3. The summed E-state index contributed by atoms with van der Waals surface area (Å²) >= 11 is 8.54. The lowest BCUT2D eigenvalue weighted by molar-refractivity contribution is -0.137. The third-order valence-corrected chi connectivity index (χ3v) is 10.9. The van der Waals surface area contributed by atoms with Crippen molar-refractivity contribution in [3.63, 3.8) is 0 Å². The molecule has 2 aliphatic heterocycles. The standard InChI is InChI=1S/C28H26ClF3N4O3S2/c1-4-21(38)36-14(2)9-34(10-15(36)3)25-18-6-19(28(30,31)32)22(20-5-16(29)11-40-20)24-23(18)35(26(39)33-25)12-27(13-41-24)7-17(37)8-27/h4-6,11,14-15H,1,7-10,12-13H2,2-3H3/t14-,15+. The van der Waals surface area contributed by atoms with Gasteiger partial charge in [-0.25, -0.2) is 4.79 Å². The van der Waals surface area contributed by atoms with Crippen LogP contribution in [0.1, 0.15) is 32.3 Å². The first kappa shape index (κ1) is 28.3. The van der Waals surface area contributed by atoms with Crippen LogP contribution in [0.25, 0.3) is 21.3 Å². The van der Waals surface area contributed by atoms with Gasteiger partial charge in [-0.15, -0.1) is 23.1 Å². The maximum Gasteiger partial charge on any atom is 0.417 e. The van der Waals surface area contributed by atoms with Crippen LogP contribution in [0, 0.1) is 5.41 Å². The number of halogens is 4. The molecule has 2 atom stereocenters. The van der Waals surface area contributed by atoms with E-state index in [2.05, 4.69) is 11.6 Å². The second kappa shape index (κ2) is 9.88. The van der Waals surface area contributed by atoms with Crippen molar-refractivity contribution in [2.24, 2.45) is 5.41 Å². The third-order valence-electron chi connectivity index (χ3n) is 8.13. The number of hydrogen-bond acceptors (Lipinski definition) is 7. The highest BCUT2D eigenvalue weighted by Gasteiger charge is 2.47. The average molecular weight is 623 g/mol. The number of ketones is 1. The number of amides is 1. The Morgan fingerprint density at radius 3 is 2.44 bits per heavy atom. The van der Waals surface area contributed by atoms with Gasteiger partial charge in [0, 0.05) is 81.8 Å². The molecule has 4 heterocycles. The topological polar surface area (TPSA) is 75.5 Å². The number of Topliss-reactive ketones (excluding diaryl/α,β-unsaturated/α-hetero) is 1. The van der Waals surface area contributed by atoms with E-state index in [0.29, 0.717) is 26.1 Å². The summed E-state index contributed by atoms with van der Waals surface area (Å²) in [5.41, 5.74) is -1.55. The number of carbonyl (C=O) groups excluding carboxylic acids is 2. The molecule has 3 aromatic rings. The second-order valence-corrected chi connectivity index (χ2v) is 13.5. The van der Waals surface area contributed by atoms with E-state index >= 15 is 0 Å². The normalized spacial score (nSPS) is 22.1. The molecule has 2 fully saturated rings. The SMILES string of the molecule is C=CC(=O)N1[C@H](C)CN(c2nc(=O)n3c4c(c(-c5cc(Cl)cs5)c(C(F)(F)F)cc24)SCC2(CC(=O)C2)C3)C[C@@H]1C. The minimum absolute atomic E-state index is 0.0111. The maximum absolute atomic E-state index is 14.8. The maximum atomic E-state index is 14.8. The van der Waals surface area contributed by atoms with Gasteiger partial charge in [0.15, 0.2) is 0 Å². The lowest BCUT2D eigenvalue weighted by Crippen LogP contribution is -2.58. The monoisotopic (exact) mass is 622 g/mol. The summed E-state index contributed by atoms with van der Waals surface area (Å²) in [6.07, 6.45) is -2.93. The van der Waals surface area contributed by atoms with Gasteiger partial charge < -0.3 is 9.80 Å². The molecule has 0 N–H and O–H groups in total. The molecule has 1 aromatic carbocycles. The van der Waals surface area contributed by atoms with Gasteiger partial charge in [0.05, 0.1) is 16.1 Å². The van der Waals surface area contributed by atoms with E-state index < -0.39 is 22.8 Å². The molecule has 7 nitrogen and oxygen atoms in total. The Kier molecular flexibility index (Phi) is 6.82. The van der Waals surface area contributed by atoms with Crippen LogP contribution in [0.3, 0.4) is 0 Å². The van der Waals surface area contributed by atoms with E-state index in [1.165, 1.54) is 28.5 Å². The Bertz CT molecular complexity index is 1660. The van der Waals surface area contributed by atoms with E-state index in [-0.39, 0.29) is 73.0 Å². The fraction of sp³-hybridized carbons (Fsp3) is 0.429. The smallest absolute Gasteiger partial charge is 0.352 e. The number of thioether (sulfide) groups is 1. The molecule has 216 valence electrons. The zero-order valence-electron chi connectivity index (χ0n) is 22.3. The summed E-state index contributed by atoms with van der Waals surface area (Å²) in [6, 6.07) is 2.01. The van der Waals surface area contributed by atoms with Crippen LogP contribution < -0.4 is 10.6 Å². The number of carbonyl (C=O) groups is 2. The molecule has 1 spiro atoms. The van der Waals surface area contributed by atoms with E-state index in [9.17, 15) is 27.6 Å². The van der Waals surface area contributed by atoms with E-state index in [0.717, 1.165) is 17.4 Å². The molecule has 6 rings (SSSR count). The van der Waals surface area contributed by atoms with Crippen molar-refractivity contribution in [1.29, 1.82) is 0 Å². The third kappa shape index (κ3) is 4.67. The first-order valence-corrected chi connectivity index (χ1v) is 15.3. The Labute approximate surface area is 247 Å². The Morgan fingerprint density at radius 2 is 1.88 bits per heavy atom. The Balaban J connectivity index is 1.62. The van der Waals surface area contributed by atoms with Crippen molar-refractivity contribution in [3.05, 3.63) is 51.2 Å². The Morgan fingerprint density at radius 1 is 1.20 bits per heavy atom. The molecule has 1 saturated carbocycles. The zero-order chi connectivity index (χ0) is 29.4. The minimum Gasteiger partial charge on any atom is -0.352 e. The molecular formula is C28H26ClF3N4O3S2. The quantitative estimate of drug-likeness (QED) is 0.341. The van der Waals surface area contributed by atoms with Crippen molar-refractivity contribution in [3.8, 4) is 10.4 Å². The largest absolute Gasteiger partial charge is 0.417 e. The van der Waals surface area contributed by atoms with Gasteiger partial charge in [-0.05, 0) is 32.1 Å². The van der Waals surface area contributed by atoms with Crippen molar-refractivity contribution in [1.82, 2.24) is 14.5 Å². The van der Waals surface area contributed by atoms with Crippen LogP contribution in [0.4, 0.5) is 19.0 Å². The van der Waals surface area contributed by atoms with Crippen molar-refractivity contribution >= 4 is 63.1 Å². The molecule has 1 amide bonds. The lowest BCUT2D eigenvalue weighted by atomic mass is 9.69. The lowest BCUT2D eigenvalue weighted by Gasteiger charge is -2.44. The van der Waals surface area contributed by atoms with Crippen LogP contribution >= 0.6 is 34.7 Å². The van der Waals surface area contributed by atoms with Gasteiger partial charge >= 0.3 is 11.9 Å². The summed E-state index contributed by atoms with van der Waals surface area (Å²) in [7, 11) is 0. The predicted octanol–water partition coefficient (Wildman–Crippen LogP) is 5.86. The number of rotatable bonds is 3. The van der Waals surface area contributed by atoms with Crippen LogP contribution in [-0.4, -0.2) is 57.1 Å². The number of hydrogen-bond donors (Lipinski definition) is 0. The van der Waals surface area contributed by atoms with Gasteiger partial charge in [0.25, 0.3) is 0 Å². The molecular weight excluding hydrogens is 597 g/mol. The number of nitrogens with zero attached hydrogens (tertiary/aromatic N) is 4. The highest BCUT2D eigenvalue weighted by atomic mass is 35.5. The molecule has 0 radical (unpaired) electrons. The molecule has 1 saturated heterocycles. The average Bonchev–Trinajstić information content (AvgIpc) is 3.22.